The first kappa shape index (κ1) is 15.0. The van der Waals surface area contributed by atoms with E-state index >= 15 is 0 Å². The molecule has 1 N–H and O–H groups in total. The molecule has 0 saturated carbocycles. The van der Waals surface area contributed by atoms with Crippen molar-refractivity contribution in [2.75, 3.05) is 6.54 Å². The molecule has 0 amide bonds. The summed E-state index contributed by atoms with van der Waals surface area (Å²) in [5.74, 6) is -1.41. The van der Waals surface area contributed by atoms with Gasteiger partial charge < -0.3 is 9.84 Å². The van der Waals surface area contributed by atoms with Gasteiger partial charge in [-0.05, 0) is 25.7 Å². The molecule has 1 heterocycles. The predicted octanol–water partition coefficient (Wildman–Crippen LogP) is 1.86. The van der Waals surface area contributed by atoms with E-state index in [1.54, 1.807) is 13.8 Å². The second-order valence-corrected chi connectivity index (χ2v) is 6.49. The average Bonchev–Trinajstić information content (AvgIpc) is 2.31. The van der Waals surface area contributed by atoms with Crippen LogP contribution in [0.15, 0.2) is 0 Å². The zero-order valence-electron chi connectivity index (χ0n) is 11.8. The third-order valence-electron chi connectivity index (χ3n) is 3.16. The maximum absolute atomic E-state index is 11.7. The Balaban J connectivity index is 2.80. The molecule has 0 radical (unpaired) electrons. The minimum absolute atomic E-state index is 0.134. The van der Waals surface area contributed by atoms with Gasteiger partial charge in [-0.1, -0.05) is 20.8 Å². The van der Waals surface area contributed by atoms with Gasteiger partial charge in [-0.3, -0.25) is 14.5 Å². The van der Waals surface area contributed by atoms with Gasteiger partial charge in [-0.25, -0.2) is 0 Å². The molecule has 1 aliphatic heterocycles. The SMILES string of the molecule is CC(C)(C)CCN1C(CC(=O)O)C(=O)OC1(C)C. The molecule has 0 spiro atoms. The zero-order chi connectivity index (χ0) is 14.1. The highest BCUT2D eigenvalue weighted by molar-refractivity contribution is 5.83. The van der Waals surface area contributed by atoms with E-state index in [0.29, 0.717) is 6.54 Å². The Kier molecular flexibility index (Phi) is 4.05. The number of rotatable bonds is 4. The number of ether oxygens (including phenoxy) is 1. The smallest absolute Gasteiger partial charge is 0.325 e. The van der Waals surface area contributed by atoms with E-state index in [-0.39, 0.29) is 11.8 Å². The average molecular weight is 257 g/mol. The summed E-state index contributed by atoms with van der Waals surface area (Å²) in [6, 6.07) is -0.667. The summed E-state index contributed by atoms with van der Waals surface area (Å²) in [6.07, 6.45) is 0.676. The molecule has 18 heavy (non-hydrogen) atoms. The van der Waals surface area contributed by atoms with Gasteiger partial charge in [0, 0.05) is 6.54 Å². The summed E-state index contributed by atoms with van der Waals surface area (Å²) in [4.78, 5) is 24.4. The maximum Gasteiger partial charge on any atom is 0.325 e. The quantitative estimate of drug-likeness (QED) is 0.779. The molecule has 5 heteroatoms. The Labute approximate surface area is 108 Å². The fraction of sp³-hybridized carbons (Fsp3) is 0.846. The molecule has 5 nitrogen and oxygen atoms in total. The van der Waals surface area contributed by atoms with Crippen LogP contribution in [0.3, 0.4) is 0 Å². The van der Waals surface area contributed by atoms with E-state index in [2.05, 4.69) is 20.8 Å². The lowest BCUT2D eigenvalue weighted by atomic mass is 9.91. The molecule has 0 aromatic rings. The molecular formula is C13H23NO4. The van der Waals surface area contributed by atoms with Gasteiger partial charge >= 0.3 is 11.9 Å². The van der Waals surface area contributed by atoms with E-state index in [1.807, 2.05) is 4.90 Å². The normalized spacial score (nSPS) is 24.1. The Morgan fingerprint density at radius 3 is 2.44 bits per heavy atom. The Bertz CT molecular complexity index is 343. The van der Waals surface area contributed by atoms with E-state index < -0.39 is 23.7 Å². The van der Waals surface area contributed by atoms with Crippen molar-refractivity contribution in [1.29, 1.82) is 0 Å². The highest BCUT2D eigenvalue weighted by Gasteiger charge is 2.48. The summed E-state index contributed by atoms with van der Waals surface area (Å²) in [7, 11) is 0. The summed E-state index contributed by atoms with van der Waals surface area (Å²) < 4.78 is 5.26. The van der Waals surface area contributed by atoms with Crippen LogP contribution in [0.5, 0.6) is 0 Å². The minimum Gasteiger partial charge on any atom is -0.481 e. The van der Waals surface area contributed by atoms with E-state index in [4.69, 9.17) is 9.84 Å². The molecular weight excluding hydrogens is 234 g/mol. The van der Waals surface area contributed by atoms with E-state index in [1.165, 1.54) is 0 Å². The first-order valence-electron chi connectivity index (χ1n) is 6.24. The van der Waals surface area contributed by atoms with Crippen LogP contribution < -0.4 is 0 Å². The van der Waals surface area contributed by atoms with E-state index in [9.17, 15) is 9.59 Å². The highest BCUT2D eigenvalue weighted by atomic mass is 16.6. The van der Waals surface area contributed by atoms with Crippen molar-refractivity contribution in [3.05, 3.63) is 0 Å². The molecule has 0 bridgehead atoms. The van der Waals surface area contributed by atoms with Gasteiger partial charge in [0.2, 0.25) is 0 Å². The summed E-state index contributed by atoms with van der Waals surface area (Å²) in [6.45, 7) is 10.6. The zero-order valence-corrected chi connectivity index (χ0v) is 11.8. The number of nitrogens with zero attached hydrogens (tertiary/aromatic N) is 1. The van der Waals surface area contributed by atoms with Crippen molar-refractivity contribution in [2.45, 2.75) is 59.2 Å². The third-order valence-corrected chi connectivity index (χ3v) is 3.16. The van der Waals surface area contributed by atoms with Gasteiger partial charge in [-0.2, -0.15) is 0 Å². The van der Waals surface area contributed by atoms with Gasteiger partial charge in [0.25, 0.3) is 0 Å². The molecule has 1 saturated heterocycles. The molecule has 104 valence electrons. The number of hydrogen-bond acceptors (Lipinski definition) is 4. The minimum atomic E-state index is -0.976. The number of cyclic esters (lactones) is 1. The Morgan fingerprint density at radius 1 is 1.44 bits per heavy atom. The lowest BCUT2D eigenvalue weighted by Crippen LogP contribution is -2.46. The molecule has 0 aromatic heterocycles. The van der Waals surface area contributed by atoms with E-state index in [0.717, 1.165) is 6.42 Å². The van der Waals surface area contributed by atoms with Crippen LogP contribution in [0.1, 0.15) is 47.5 Å². The number of aliphatic carboxylic acids is 1. The number of carboxylic acids is 1. The molecule has 1 atom stereocenters. The highest BCUT2D eigenvalue weighted by Crippen LogP contribution is 2.32. The number of carboxylic acid groups (broad SMARTS) is 1. The van der Waals surface area contributed by atoms with Crippen molar-refractivity contribution in [3.8, 4) is 0 Å². The van der Waals surface area contributed by atoms with Crippen molar-refractivity contribution in [1.82, 2.24) is 4.90 Å². The van der Waals surface area contributed by atoms with Gasteiger partial charge in [-0.15, -0.1) is 0 Å². The van der Waals surface area contributed by atoms with Crippen molar-refractivity contribution in [3.63, 3.8) is 0 Å². The third kappa shape index (κ3) is 3.70. The predicted molar refractivity (Wildman–Crippen MR) is 67.0 cm³/mol. The standard InChI is InChI=1S/C13H23NO4/c1-12(2,3)6-7-14-9(8-10(15)16)11(17)18-13(14,4)5/h9H,6-8H2,1-5H3,(H,15,16). The molecule has 0 aromatic carbocycles. The first-order chi connectivity index (χ1) is 8.03. The molecule has 1 aliphatic rings. The van der Waals surface area contributed by atoms with Crippen LogP contribution in [0.2, 0.25) is 0 Å². The Hall–Kier alpha value is -1.10. The molecule has 0 aliphatic carbocycles. The van der Waals surface area contributed by atoms with Crippen molar-refractivity contribution >= 4 is 11.9 Å². The van der Waals surface area contributed by atoms with Crippen LogP contribution in [0.4, 0.5) is 0 Å². The topological polar surface area (TPSA) is 66.8 Å². The summed E-state index contributed by atoms with van der Waals surface area (Å²) in [5, 5.41) is 8.87. The van der Waals surface area contributed by atoms with Crippen LogP contribution >= 0.6 is 0 Å². The van der Waals surface area contributed by atoms with Gasteiger partial charge in [0.15, 0.2) is 5.72 Å². The molecule has 1 unspecified atom stereocenters. The van der Waals surface area contributed by atoms with Crippen LogP contribution in [-0.2, 0) is 14.3 Å². The fourth-order valence-electron chi connectivity index (χ4n) is 2.12. The van der Waals surface area contributed by atoms with Gasteiger partial charge in [0.1, 0.15) is 6.04 Å². The summed E-state index contributed by atoms with van der Waals surface area (Å²) in [5.41, 5.74) is -0.585. The monoisotopic (exact) mass is 257 g/mol. The van der Waals surface area contributed by atoms with Crippen LogP contribution in [0, 0.1) is 5.41 Å². The second kappa shape index (κ2) is 4.88. The van der Waals surface area contributed by atoms with Crippen LogP contribution in [-0.4, -0.2) is 40.3 Å². The number of hydrogen-bond donors (Lipinski definition) is 1. The number of carbonyl (C=O) groups excluding carboxylic acids is 1. The largest absolute Gasteiger partial charge is 0.481 e. The summed E-state index contributed by atoms with van der Waals surface area (Å²) >= 11 is 0. The Morgan fingerprint density at radius 2 is 2.00 bits per heavy atom. The first-order valence-corrected chi connectivity index (χ1v) is 6.24. The second-order valence-electron chi connectivity index (χ2n) is 6.49. The maximum atomic E-state index is 11.7. The van der Waals surface area contributed by atoms with Crippen LogP contribution in [0.25, 0.3) is 0 Å². The lowest BCUT2D eigenvalue weighted by Gasteiger charge is -2.33. The molecule has 1 rings (SSSR count). The number of carbonyl (C=O) groups is 2. The van der Waals surface area contributed by atoms with Crippen molar-refractivity contribution < 1.29 is 19.4 Å². The van der Waals surface area contributed by atoms with Crippen molar-refractivity contribution in [2.24, 2.45) is 5.41 Å². The lowest BCUT2D eigenvalue weighted by molar-refractivity contribution is -0.150. The van der Waals surface area contributed by atoms with Gasteiger partial charge in [0.05, 0.1) is 6.42 Å². The molecule has 1 fully saturated rings. The fourth-order valence-corrected chi connectivity index (χ4v) is 2.12. The number of esters is 1.